The van der Waals surface area contributed by atoms with Crippen LogP contribution < -0.4 is 10.1 Å². The van der Waals surface area contributed by atoms with Crippen LogP contribution in [-0.4, -0.2) is 12.0 Å². The molecule has 0 spiro atoms. The molecule has 0 fully saturated rings. The predicted molar refractivity (Wildman–Crippen MR) is 61.0 cm³/mol. The summed E-state index contributed by atoms with van der Waals surface area (Å²) >= 11 is 0. The van der Waals surface area contributed by atoms with Crippen molar-refractivity contribution >= 4 is 11.6 Å². The van der Waals surface area contributed by atoms with Crippen LogP contribution in [0, 0.1) is 11.7 Å². The fourth-order valence-corrected chi connectivity index (χ4v) is 1.72. The summed E-state index contributed by atoms with van der Waals surface area (Å²) in [6.45, 7) is 3.99. The second-order valence-electron chi connectivity index (χ2n) is 4.34. The number of carbonyl (C=O) groups excluding carboxylic acids is 1. The molecule has 1 aliphatic heterocycles. The number of carbonyl (C=O) groups is 1. The maximum Gasteiger partial charge on any atom is 0.265 e. The molecule has 1 N–H and O–H groups in total. The van der Waals surface area contributed by atoms with Gasteiger partial charge >= 0.3 is 0 Å². The lowest BCUT2D eigenvalue weighted by Crippen LogP contribution is -2.38. The fourth-order valence-electron chi connectivity index (χ4n) is 1.72. The molecule has 4 heteroatoms. The molecule has 1 aromatic carbocycles. The van der Waals surface area contributed by atoms with Crippen LogP contribution >= 0.6 is 0 Å². The molecular formula is C12H16FNO2. The van der Waals surface area contributed by atoms with E-state index < -0.39 is 11.9 Å². The number of nitrogens with one attached hydrogen (secondary N) is 1. The molecule has 16 heavy (non-hydrogen) atoms. The van der Waals surface area contributed by atoms with Crippen molar-refractivity contribution in [2.24, 2.45) is 5.92 Å². The highest BCUT2D eigenvalue weighted by atomic mass is 19.1. The number of fused-ring (bicyclic) bond motifs is 1. The van der Waals surface area contributed by atoms with Gasteiger partial charge in [-0.2, -0.15) is 0 Å². The summed E-state index contributed by atoms with van der Waals surface area (Å²) in [6, 6.07) is 4.49. The number of hydrogen-bond acceptors (Lipinski definition) is 2. The van der Waals surface area contributed by atoms with Crippen molar-refractivity contribution in [3.05, 3.63) is 24.0 Å². The van der Waals surface area contributed by atoms with E-state index in [2.05, 4.69) is 5.32 Å². The van der Waals surface area contributed by atoms with E-state index in [1.165, 1.54) is 6.07 Å². The monoisotopic (exact) mass is 225 g/mol. The van der Waals surface area contributed by atoms with E-state index in [-0.39, 0.29) is 13.1 Å². The van der Waals surface area contributed by atoms with Crippen LogP contribution in [-0.2, 0) is 4.79 Å². The maximum atomic E-state index is 13.4. The summed E-state index contributed by atoms with van der Waals surface area (Å²) in [5, 5.41) is 2.65. The summed E-state index contributed by atoms with van der Waals surface area (Å²) in [6.07, 6.45) is -0.0102. The maximum absolute atomic E-state index is 13.4. The van der Waals surface area contributed by atoms with Crippen LogP contribution in [0.4, 0.5) is 10.1 Å². The average molecular weight is 225 g/mol. The molecule has 3 nitrogen and oxygen atoms in total. The second-order valence-corrected chi connectivity index (χ2v) is 4.34. The second kappa shape index (κ2) is 4.12. The van der Waals surface area contributed by atoms with E-state index in [0.29, 0.717) is 18.0 Å². The van der Waals surface area contributed by atoms with Gasteiger partial charge in [0.1, 0.15) is 0 Å². The Morgan fingerprint density at radius 2 is 2.31 bits per heavy atom. The lowest BCUT2D eigenvalue weighted by atomic mass is 10.0. The van der Waals surface area contributed by atoms with Gasteiger partial charge in [-0.05, 0) is 24.5 Å². The van der Waals surface area contributed by atoms with Gasteiger partial charge < -0.3 is 10.1 Å². The Morgan fingerprint density at radius 1 is 1.56 bits per heavy atom. The molecule has 0 saturated heterocycles. The molecule has 2 rings (SSSR count). The SMILES string of the molecule is CC(C)CC1Oc2c(F)cccc2NC1=O.[HH]. The molecule has 1 atom stereocenters. The minimum atomic E-state index is -0.593. The molecule has 0 aliphatic carbocycles. The highest BCUT2D eigenvalue weighted by molar-refractivity contribution is 5.97. The van der Waals surface area contributed by atoms with Gasteiger partial charge in [0.2, 0.25) is 0 Å². The summed E-state index contributed by atoms with van der Waals surface area (Å²) in [7, 11) is 0. The van der Waals surface area contributed by atoms with Gasteiger partial charge in [0.05, 0.1) is 5.69 Å². The standard InChI is InChI=1S/C12H14FNO2.H2/c1-7(2)6-10-12(15)14-9-5-3-4-8(13)11(9)16-10;/h3-5,7,10H,6H2,1-2H3,(H,14,15);1H. The van der Waals surface area contributed by atoms with Crippen molar-refractivity contribution < 1.29 is 15.3 Å². The Bertz CT molecular complexity index is 423. The third kappa shape index (κ3) is 2.01. The van der Waals surface area contributed by atoms with Crippen molar-refractivity contribution in [1.82, 2.24) is 0 Å². The molecule has 0 aromatic heterocycles. The molecule has 1 aliphatic rings. The topological polar surface area (TPSA) is 38.3 Å². The molecule has 0 bridgehead atoms. The van der Waals surface area contributed by atoms with Gasteiger partial charge in [0.15, 0.2) is 17.7 Å². The third-order valence-corrected chi connectivity index (χ3v) is 2.46. The molecule has 88 valence electrons. The number of anilines is 1. The van der Waals surface area contributed by atoms with E-state index in [9.17, 15) is 9.18 Å². The van der Waals surface area contributed by atoms with Crippen LogP contribution in [0.15, 0.2) is 18.2 Å². The highest BCUT2D eigenvalue weighted by Gasteiger charge is 2.29. The summed E-state index contributed by atoms with van der Waals surface area (Å²) < 4.78 is 18.8. The zero-order valence-electron chi connectivity index (χ0n) is 9.29. The van der Waals surface area contributed by atoms with E-state index >= 15 is 0 Å². The van der Waals surface area contributed by atoms with E-state index in [1.807, 2.05) is 13.8 Å². The van der Waals surface area contributed by atoms with Gasteiger partial charge in [0, 0.05) is 1.43 Å². The first-order valence-corrected chi connectivity index (χ1v) is 5.34. The number of amides is 1. The van der Waals surface area contributed by atoms with Crippen LogP contribution in [0.25, 0.3) is 0 Å². The number of hydrogen-bond donors (Lipinski definition) is 1. The van der Waals surface area contributed by atoms with Gasteiger partial charge in [-0.25, -0.2) is 4.39 Å². The molecule has 1 unspecified atom stereocenters. The van der Waals surface area contributed by atoms with Crippen molar-refractivity contribution in [1.29, 1.82) is 0 Å². The van der Waals surface area contributed by atoms with Gasteiger partial charge in [0.25, 0.3) is 5.91 Å². The number of rotatable bonds is 2. The molecule has 0 saturated carbocycles. The number of ether oxygens (including phenoxy) is 1. The largest absolute Gasteiger partial charge is 0.475 e. The fraction of sp³-hybridized carbons (Fsp3) is 0.417. The number of halogens is 1. The average Bonchev–Trinajstić information content (AvgIpc) is 2.20. The van der Waals surface area contributed by atoms with Crippen LogP contribution in [0.1, 0.15) is 21.7 Å². The van der Waals surface area contributed by atoms with Gasteiger partial charge in [-0.1, -0.05) is 19.9 Å². The molecular weight excluding hydrogens is 209 g/mol. The lowest BCUT2D eigenvalue weighted by molar-refractivity contribution is -0.124. The third-order valence-electron chi connectivity index (χ3n) is 2.46. The minimum Gasteiger partial charge on any atom is -0.475 e. The zero-order chi connectivity index (χ0) is 11.7. The zero-order valence-corrected chi connectivity index (χ0v) is 9.29. The first-order valence-electron chi connectivity index (χ1n) is 5.34. The molecule has 1 amide bonds. The Morgan fingerprint density at radius 3 is 3.00 bits per heavy atom. The highest BCUT2D eigenvalue weighted by Crippen LogP contribution is 2.33. The summed E-state index contributed by atoms with van der Waals surface area (Å²) in [4.78, 5) is 11.6. The smallest absolute Gasteiger partial charge is 0.265 e. The van der Waals surface area contributed by atoms with E-state index in [4.69, 9.17) is 4.74 Å². The summed E-state index contributed by atoms with van der Waals surface area (Å²) in [5.74, 6) is -0.171. The predicted octanol–water partition coefficient (Wildman–Crippen LogP) is 2.82. The van der Waals surface area contributed by atoms with Crippen molar-refractivity contribution in [3.63, 3.8) is 0 Å². The Labute approximate surface area is 95.1 Å². The van der Waals surface area contributed by atoms with Gasteiger partial charge in [-0.15, -0.1) is 0 Å². The first kappa shape index (κ1) is 10.9. The molecule has 1 aromatic rings. The first-order chi connectivity index (χ1) is 7.58. The lowest BCUT2D eigenvalue weighted by Gasteiger charge is -2.26. The van der Waals surface area contributed by atoms with Crippen molar-refractivity contribution in [3.8, 4) is 5.75 Å². The van der Waals surface area contributed by atoms with Crippen LogP contribution in [0.5, 0.6) is 5.75 Å². The quantitative estimate of drug-likeness (QED) is 0.840. The Kier molecular flexibility index (Phi) is 2.81. The molecule has 1 heterocycles. The molecule has 0 radical (unpaired) electrons. The van der Waals surface area contributed by atoms with Crippen molar-refractivity contribution in [2.45, 2.75) is 26.4 Å². The summed E-state index contributed by atoms with van der Waals surface area (Å²) in [5.41, 5.74) is 0.407. The number of para-hydroxylation sites is 1. The normalized spacial score (nSPS) is 19.0. The minimum absolute atomic E-state index is 0. The number of benzene rings is 1. The van der Waals surface area contributed by atoms with E-state index in [0.717, 1.165) is 0 Å². The van der Waals surface area contributed by atoms with E-state index in [1.54, 1.807) is 12.1 Å². The Balaban J connectivity index is 0.00000144. The van der Waals surface area contributed by atoms with Crippen LogP contribution in [0.3, 0.4) is 0 Å². The van der Waals surface area contributed by atoms with Gasteiger partial charge in [-0.3, -0.25) is 4.79 Å². The van der Waals surface area contributed by atoms with Crippen molar-refractivity contribution in [2.75, 3.05) is 5.32 Å². The Hall–Kier alpha value is -1.58. The van der Waals surface area contributed by atoms with Crippen LogP contribution in [0.2, 0.25) is 0 Å².